The second kappa shape index (κ2) is 8.70. The molecule has 9 heteroatoms. The molecule has 2 amide bonds. The third-order valence-electron chi connectivity index (χ3n) is 4.12. The summed E-state index contributed by atoms with van der Waals surface area (Å²) in [5.74, 6) is -0.261. The number of carbonyl (C=O) groups is 2. The van der Waals surface area contributed by atoms with Crippen molar-refractivity contribution < 1.29 is 19.1 Å². The van der Waals surface area contributed by atoms with Crippen LogP contribution < -0.4 is 10.9 Å². The van der Waals surface area contributed by atoms with Crippen LogP contribution in [-0.2, 0) is 20.0 Å². The third-order valence-corrected chi connectivity index (χ3v) is 5.07. The van der Waals surface area contributed by atoms with Crippen LogP contribution in [0.3, 0.4) is 0 Å². The third kappa shape index (κ3) is 4.69. The quantitative estimate of drug-likeness (QED) is 0.441. The van der Waals surface area contributed by atoms with Gasteiger partial charge >= 0.3 is 5.91 Å². The fourth-order valence-corrected chi connectivity index (χ4v) is 3.48. The van der Waals surface area contributed by atoms with Crippen LogP contribution in [0.5, 0.6) is 0 Å². The molecule has 0 aliphatic carbocycles. The lowest BCUT2D eigenvalue weighted by molar-refractivity contribution is -0.123. The number of thioether (sulfide) groups is 1. The minimum Gasteiger partial charge on any atom is -0.494 e. The number of aromatic nitrogens is 2. The number of rotatable bonds is 5. The van der Waals surface area contributed by atoms with Gasteiger partial charge in [-0.2, -0.15) is 0 Å². The van der Waals surface area contributed by atoms with E-state index in [-0.39, 0.29) is 5.76 Å². The number of fused-ring (bicyclic) bond motifs is 1. The summed E-state index contributed by atoms with van der Waals surface area (Å²) >= 11 is 1.59. The first-order chi connectivity index (χ1) is 14.2. The van der Waals surface area contributed by atoms with Crippen LogP contribution in [0.2, 0.25) is 0 Å². The van der Waals surface area contributed by atoms with Crippen molar-refractivity contribution in [2.24, 2.45) is 0 Å². The summed E-state index contributed by atoms with van der Waals surface area (Å²) in [5.41, 5.74) is 8.07. The molecule has 0 atom stereocenters. The number of amides is 2. The molecule has 2 heterocycles. The lowest BCUT2D eigenvalue weighted by Gasteiger charge is -2.15. The summed E-state index contributed by atoms with van der Waals surface area (Å²) in [6.45, 7) is 0.685. The summed E-state index contributed by atoms with van der Waals surface area (Å²) in [7, 11) is 0. The smallest absolute Gasteiger partial charge is 0.308 e. The predicted molar refractivity (Wildman–Crippen MR) is 108 cm³/mol. The Labute approximate surface area is 170 Å². The molecule has 0 bridgehead atoms. The summed E-state index contributed by atoms with van der Waals surface area (Å²) in [6, 6.07) is 15.0. The molecule has 1 aliphatic rings. The Kier molecular flexibility index (Phi) is 5.66. The Morgan fingerprint density at radius 3 is 2.59 bits per heavy atom. The first kappa shape index (κ1) is 18.9. The fourth-order valence-electron chi connectivity index (χ4n) is 2.64. The average Bonchev–Trinajstić information content (AvgIpc) is 3.20. The van der Waals surface area contributed by atoms with E-state index in [0.717, 1.165) is 21.8 Å². The molecule has 2 aromatic carbocycles. The number of hydrogen-bond acceptors (Lipinski definition) is 6. The molecule has 4 rings (SSSR count). The number of hydrogen-bond donors (Lipinski definition) is 3. The van der Waals surface area contributed by atoms with Gasteiger partial charge in [-0.1, -0.05) is 36.0 Å². The number of hydrazine groups is 1. The molecule has 0 saturated carbocycles. The summed E-state index contributed by atoms with van der Waals surface area (Å²) in [6.07, 6.45) is 1.22. The summed E-state index contributed by atoms with van der Waals surface area (Å²) in [5, 5.41) is 0.846. The number of nitrogens with zero attached hydrogens (tertiary/aromatic N) is 1. The number of aromatic amines is 1. The topological polar surface area (TPSA) is 105 Å². The highest BCUT2D eigenvalue weighted by atomic mass is 32.2. The van der Waals surface area contributed by atoms with E-state index in [0.29, 0.717) is 24.5 Å². The van der Waals surface area contributed by atoms with E-state index in [1.165, 1.54) is 6.26 Å². The molecule has 0 saturated heterocycles. The Hall–Kier alpha value is -3.46. The lowest BCUT2D eigenvalue weighted by atomic mass is 10.1. The molecule has 0 spiro atoms. The van der Waals surface area contributed by atoms with E-state index in [9.17, 15) is 9.59 Å². The standard InChI is InChI=1S/C20H18N4O4S/c25-18(23-24-19(26)17-11-27-9-10-28-17)14-7-5-13(6-8-14)12-29-20-21-15-3-1-2-4-16(15)22-20/h1-8,11H,9-10,12H2,(H,21,22)(H,23,25)(H,24,26). The molecular weight excluding hydrogens is 392 g/mol. The molecular formula is C20H18N4O4S. The minimum atomic E-state index is -0.572. The van der Waals surface area contributed by atoms with Crippen molar-refractivity contribution in [3.63, 3.8) is 0 Å². The van der Waals surface area contributed by atoms with Gasteiger partial charge in [-0.25, -0.2) is 4.98 Å². The van der Waals surface area contributed by atoms with Crippen LogP contribution in [0.15, 0.2) is 65.7 Å². The lowest BCUT2D eigenvalue weighted by Crippen LogP contribution is -2.43. The average molecular weight is 410 g/mol. The molecule has 0 unspecified atom stereocenters. The zero-order valence-electron chi connectivity index (χ0n) is 15.3. The maximum absolute atomic E-state index is 12.2. The molecule has 29 heavy (non-hydrogen) atoms. The van der Waals surface area contributed by atoms with Gasteiger partial charge in [0.05, 0.1) is 11.0 Å². The molecule has 8 nitrogen and oxygen atoms in total. The Morgan fingerprint density at radius 2 is 1.83 bits per heavy atom. The van der Waals surface area contributed by atoms with E-state index in [4.69, 9.17) is 9.47 Å². The van der Waals surface area contributed by atoms with E-state index < -0.39 is 11.8 Å². The van der Waals surface area contributed by atoms with Crippen LogP contribution in [0.1, 0.15) is 15.9 Å². The van der Waals surface area contributed by atoms with Crippen molar-refractivity contribution >= 4 is 34.6 Å². The highest BCUT2D eigenvalue weighted by molar-refractivity contribution is 7.98. The Bertz CT molecular complexity index is 1030. The highest BCUT2D eigenvalue weighted by Gasteiger charge is 2.16. The van der Waals surface area contributed by atoms with Crippen LogP contribution in [0.25, 0.3) is 11.0 Å². The van der Waals surface area contributed by atoms with Gasteiger partial charge in [-0.15, -0.1) is 0 Å². The zero-order chi connectivity index (χ0) is 20.1. The van der Waals surface area contributed by atoms with Gasteiger partial charge in [-0.3, -0.25) is 20.4 Å². The fraction of sp³-hybridized carbons (Fsp3) is 0.150. The largest absolute Gasteiger partial charge is 0.494 e. The molecule has 1 aromatic heterocycles. The van der Waals surface area contributed by atoms with Gasteiger partial charge in [0.25, 0.3) is 5.91 Å². The molecule has 3 aromatic rings. The first-order valence-electron chi connectivity index (χ1n) is 8.91. The minimum absolute atomic E-state index is 0.0227. The van der Waals surface area contributed by atoms with E-state index in [1.807, 2.05) is 36.4 Å². The Balaban J connectivity index is 1.29. The van der Waals surface area contributed by atoms with Gasteiger partial charge in [0.2, 0.25) is 5.76 Å². The SMILES string of the molecule is O=C(NNC(=O)c1ccc(CSc2nc3ccccc3[nH]2)cc1)C1=COCCO1. The Morgan fingerprint density at radius 1 is 1.03 bits per heavy atom. The maximum atomic E-state index is 12.2. The number of imidazole rings is 1. The number of carbonyl (C=O) groups excluding carboxylic acids is 2. The molecule has 148 valence electrons. The number of ether oxygens (including phenoxy) is 2. The molecule has 0 fully saturated rings. The van der Waals surface area contributed by atoms with Gasteiger partial charge in [0.1, 0.15) is 19.5 Å². The first-order valence-corrected chi connectivity index (χ1v) is 9.89. The van der Waals surface area contributed by atoms with Crippen molar-refractivity contribution in [3.05, 3.63) is 71.7 Å². The molecule has 0 radical (unpaired) electrons. The van der Waals surface area contributed by atoms with Crippen LogP contribution in [-0.4, -0.2) is 35.0 Å². The van der Waals surface area contributed by atoms with Gasteiger partial charge in [0.15, 0.2) is 5.16 Å². The van der Waals surface area contributed by atoms with Crippen molar-refractivity contribution in [2.45, 2.75) is 10.9 Å². The number of benzene rings is 2. The molecule has 1 aliphatic heterocycles. The van der Waals surface area contributed by atoms with Crippen molar-refractivity contribution in [1.82, 2.24) is 20.8 Å². The zero-order valence-corrected chi connectivity index (χ0v) is 16.1. The van der Waals surface area contributed by atoms with Crippen LogP contribution in [0.4, 0.5) is 0 Å². The molecule has 3 N–H and O–H groups in total. The van der Waals surface area contributed by atoms with Crippen LogP contribution in [0, 0.1) is 0 Å². The van der Waals surface area contributed by atoms with Crippen molar-refractivity contribution in [2.75, 3.05) is 13.2 Å². The monoisotopic (exact) mass is 410 g/mol. The second-order valence-electron chi connectivity index (χ2n) is 6.15. The van der Waals surface area contributed by atoms with Gasteiger partial charge in [0, 0.05) is 11.3 Å². The van der Waals surface area contributed by atoms with Crippen molar-refractivity contribution in [1.29, 1.82) is 0 Å². The summed E-state index contributed by atoms with van der Waals surface area (Å²) < 4.78 is 10.1. The summed E-state index contributed by atoms with van der Waals surface area (Å²) in [4.78, 5) is 31.9. The van der Waals surface area contributed by atoms with E-state index in [1.54, 1.807) is 23.9 Å². The number of nitrogens with one attached hydrogen (secondary N) is 3. The van der Waals surface area contributed by atoms with E-state index in [2.05, 4.69) is 20.8 Å². The second-order valence-corrected chi connectivity index (χ2v) is 7.12. The van der Waals surface area contributed by atoms with Gasteiger partial charge in [-0.05, 0) is 29.8 Å². The van der Waals surface area contributed by atoms with Crippen molar-refractivity contribution in [3.8, 4) is 0 Å². The highest BCUT2D eigenvalue weighted by Crippen LogP contribution is 2.23. The normalized spacial score (nSPS) is 13.2. The van der Waals surface area contributed by atoms with E-state index >= 15 is 0 Å². The number of H-pyrrole nitrogens is 1. The van der Waals surface area contributed by atoms with Crippen LogP contribution >= 0.6 is 11.8 Å². The number of para-hydroxylation sites is 2. The van der Waals surface area contributed by atoms with Gasteiger partial charge < -0.3 is 14.5 Å². The predicted octanol–water partition coefficient (Wildman–Crippen LogP) is 2.50. The maximum Gasteiger partial charge on any atom is 0.308 e.